The van der Waals surface area contributed by atoms with E-state index in [1.807, 2.05) is 42.5 Å². The van der Waals surface area contributed by atoms with E-state index in [1.165, 1.54) is 0 Å². The van der Waals surface area contributed by atoms with Gasteiger partial charge in [0, 0.05) is 0 Å². The number of fused-ring (bicyclic) bond motifs is 1. The molecule has 3 N–H and O–H groups in total. The van der Waals surface area contributed by atoms with Gasteiger partial charge in [-0.25, -0.2) is 0 Å². The Balaban J connectivity index is 1.55. The highest BCUT2D eigenvalue weighted by Gasteiger charge is 2.12. The number of hydrazine groups is 1. The van der Waals surface area contributed by atoms with Crippen LogP contribution in [0.25, 0.3) is 10.8 Å². The van der Waals surface area contributed by atoms with Gasteiger partial charge >= 0.3 is 0 Å². The lowest BCUT2D eigenvalue weighted by Crippen LogP contribution is -2.48. The van der Waals surface area contributed by atoms with E-state index < -0.39 is 5.91 Å². The number of halogens is 1. The standard InChI is InChI=1S/C20H16ClN3O2S/c21-17-11-4-3-10-16(17)19(26)22-20(27)24-23-18(25)12-14-8-5-7-13-6-1-2-9-15(13)14/h1-11H,12H2,(H,23,25)(H2,22,24,26,27). The Labute approximate surface area is 166 Å². The second-order valence-electron chi connectivity index (χ2n) is 5.75. The molecule has 0 unspecified atom stereocenters. The minimum atomic E-state index is -0.457. The van der Waals surface area contributed by atoms with Gasteiger partial charge in [0.1, 0.15) is 0 Å². The van der Waals surface area contributed by atoms with E-state index in [-0.39, 0.29) is 17.4 Å². The first-order chi connectivity index (χ1) is 13.0. The number of amides is 2. The Morgan fingerprint density at radius 1 is 0.889 bits per heavy atom. The molecule has 3 rings (SSSR count). The van der Waals surface area contributed by atoms with Crippen molar-refractivity contribution < 1.29 is 9.59 Å². The maximum Gasteiger partial charge on any atom is 0.258 e. The van der Waals surface area contributed by atoms with Crippen LogP contribution < -0.4 is 16.2 Å². The van der Waals surface area contributed by atoms with Crippen LogP contribution in [-0.4, -0.2) is 16.9 Å². The van der Waals surface area contributed by atoms with Crippen LogP contribution in [0.4, 0.5) is 0 Å². The summed E-state index contributed by atoms with van der Waals surface area (Å²) in [5.74, 6) is -0.734. The first-order valence-corrected chi connectivity index (χ1v) is 8.94. The van der Waals surface area contributed by atoms with Crippen molar-refractivity contribution in [3.05, 3.63) is 82.9 Å². The zero-order chi connectivity index (χ0) is 19.2. The van der Waals surface area contributed by atoms with Gasteiger partial charge in [-0.1, -0.05) is 66.2 Å². The van der Waals surface area contributed by atoms with E-state index in [0.717, 1.165) is 16.3 Å². The molecule has 0 saturated carbocycles. The summed E-state index contributed by atoms with van der Waals surface area (Å²) in [6.07, 6.45) is 0.176. The molecule has 0 aliphatic rings. The van der Waals surface area contributed by atoms with Crippen LogP contribution in [0.2, 0.25) is 5.02 Å². The molecule has 136 valence electrons. The van der Waals surface area contributed by atoms with Gasteiger partial charge in [-0.2, -0.15) is 0 Å². The highest BCUT2D eigenvalue weighted by Crippen LogP contribution is 2.18. The zero-order valence-electron chi connectivity index (χ0n) is 14.2. The third kappa shape index (κ3) is 4.81. The first-order valence-electron chi connectivity index (χ1n) is 8.16. The summed E-state index contributed by atoms with van der Waals surface area (Å²) in [4.78, 5) is 24.3. The second kappa shape index (κ2) is 8.62. The Hall–Kier alpha value is -2.96. The fraction of sp³-hybridized carbons (Fsp3) is 0.0500. The van der Waals surface area contributed by atoms with Crippen molar-refractivity contribution in [2.24, 2.45) is 0 Å². The molecule has 0 aliphatic heterocycles. The average molecular weight is 398 g/mol. The Morgan fingerprint density at radius 2 is 1.59 bits per heavy atom. The van der Waals surface area contributed by atoms with Crippen LogP contribution in [0.15, 0.2) is 66.7 Å². The maximum absolute atomic E-state index is 12.2. The lowest BCUT2D eigenvalue weighted by molar-refractivity contribution is -0.121. The van der Waals surface area contributed by atoms with E-state index in [4.69, 9.17) is 23.8 Å². The number of benzene rings is 3. The largest absolute Gasteiger partial charge is 0.298 e. The lowest BCUT2D eigenvalue weighted by Gasteiger charge is -2.12. The molecule has 0 saturated heterocycles. The zero-order valence-corrected chi connectivity index (χ0v) is 15.7. The molecule has 0 aromatic heterocycles. The number of hydrogen-bond donors (Lipinski definition) is 3. The number of carbonyl (C=O) groups is 2. The van der Waals surface area contributed by atoms with Crippen molar-refractivity contribution in [1.29, 1.82) is 0 Å². The second-order valence-corrected chi connectivity index (χ2v) is 6.57. The summed E-state index contributed by atoms with van der Waals surface area (Å²) in [5, 5.41) is 4.85. The fourth-order valence-corrected chi connectivity index (χ4v) is 3.00. The molecule has 0 spiro atoms. The van der Waals surface area contributed by atoms with E-state index in [2.05, 4.69) is 16.2 Å². The van der Waals surface area contributed by atoms with Crippen molar-refractivity contribution in [2.75, 3.05) is 0 Å². The molecular weight excluding hydrogens is 382 g/mol. The smallest absolute Gasteiger partial charge is 0.258 e. The molecule has 7 heteroatoms. The minimum Gasteiger partial charge on any atom is -0.298 e. The van der Waals surface area contributed by atoms with Crippen LogP contribution in [0.5, 0.6) is 0 Å². The SMILES string of the molecule is O=C(Cc1cccc2ccccc12)NNC(=S)NC(=O)c1ccccc1Cl. The molecule has 0 atom stereocenters. The molecule has 0 aliphatic carbocycles. The number of nitrogens with one attached hydrogen (secondary N) is 3. The molecule has 5 nitrogen and oxygen atoms in total. The first kappa shape index (κ1) is 18.8. The normalized spacial score (nSPS) is 10.3. The van der Waals surface area contributed by atoms with E-state index >= 15 is 0 Å². The third-order valence-corrected chi connectivity index (χ3v) is 4.43. The predicted molar refractivity (Wildman–Crippen MR) is 110 cm³/mol. The molecule has 0 fully saturated rings. The summed E-state index contributed by atoms with van der Waals surface area (Å²) >= 11 is 11.0. The van der Waals surface area contributed by atoms with Crippen molar-refractivity contribution in [2.45, 2.75) is 6.42 Å². The van der Waals surface area contributed by atoms with Crippen LogP contribution in [-0.2, 0) is 11.2 Å². The van der Waals surface area contributed by atoms with Gasteiger partial charge in [-0.3, -0.25) is 25.8 Å². The molecule has 0 radical (unpaired) electrons. The molecule has 0 heterocycles. The van der Waals surface area contributed by atoms with Gasteiger partial charge in [0.05, 0.1) is 17.0 Å². The molecular formula is C20H16ClN3O2S. The van der Waals surface area contributed by atoms with Crippen molar-refractivity contribution in [1.82, 2.24) is 16.2 Å². The topological polar surface area (TPSA) is 70.2 Å². The molecule has 2 amide bonds. The van der Waals surface area contributed by atoms with Crippen molar-refractivity contribution in [3.8, 4) is 0 Å². The summed E-state index contributed by atoms with van der Waals surface area (Å²) in [6.45, 7) is 0. The van der Waals surface area contributed by atoms with Gasteiger partial charge < -0.3 is 0 Å². The van der Waals surface area contributed by atoms with Crippen molar-refractivity contribution in [3.63, 3.8) is 0 Å². The van der Waals surface area contributed by atoms with Gasteiger partial charge in [0.15, 0.2) is 5.11 Å². The maximum atomic E-state index is 12.2. The molecule has 3 aromatic rings. The predicted octanol–water partition coefficient (Wildman–Crippen LogP) is 3.37. The Morgan fingerprint density at radius 3 is 2.41 bits per heavy atom. The third-order valence-electron chi connectivity index (χ3n) is 3.89. The highest BCUT2D eigenvalue weighted by molar-refractivity contribution is 7.80. The minimum absolute atomic E-state index is 0.0220. The average Bonchev–Trinajstić information content (AvgIpc) is 2.67. The van der Waals surface area contributed by atoms with E-state index in [9.17, 15) is 9.59 Å². The molecule has 0 bridgehead atoms. The quantitative estimate of drug-likeness (QED) is 0.468. The van der Waals surface area contributed by atoms with E-state index in [1.54, 1.807) is 24.3 Å². The number of hydrogen-bond acceptors (Lipinski definition) is 3. The summed E-state index contributed by atoms with van der Waals surface area (Å²) in [7, 11) is 0. The molecule has 27 heavy (non-hydrogen) atoms. The Bertz CT molecular complexity index is 1020. The number of rotatable bonds is 3. The number of carbonyl (C=O) groups excluding carboxylic acids is 2. The van der Waals surface area contributed by atoms with Gasteiger partial charge in [0.25, 0.3) is 5.91 Å². The van der Waals surface area contributed by atoms with Crippen LogP contribution in [0.1, 0.15) is 15.9 Å². The van der Waals surface area contributed by atoms with Gasteiger partial charge in [-0.15, -0.1) is 0 Å². The Kier molecular flexibility index (Phi) is 6.01. The lowest BCUT2D eigenvalue weighted by atomic mass is 10.0. The summed E-state index contributed by atoms with van der Waals surface area (Å²) in [5.41, 5.74) is 6.21. The van der Waals surface area contributed by atoms with E-state index in [0.29, 0.717) is 10.6 Å². The van der Waals surface area contributed by atoms with Crippen LogP contribution in [0.3, 0.4) is 0 Å². The number of thiocarbonyl (C=S) groups is 1. The van der Waals surface area contributed by atoms with Gasteiger partial charge in [0.2, 0.25) is 5.91 Å². The summed E-state index contributed by atoms with van der Waals surface area (Å²) in [6, 6.07) is 20.3. The van der Waals surface area contributed by atoms with Crippen molar-refractivity contribution >= 4 is 51.5 Å². The fourth-order valence-electron chi connectivity index (χ4n) is 2.64. The van der Waals surface area contributed by atoms with Gasteiger partial charge in [-0.05, 0) is 40.7 Å². The van der Waals surface area contributed by atoms with Crippen LogP contribution in [0, 0.1) is 0 Å². The summed E-state index contributed by atoms with van der Waals surface area (Å²) < 4.78 is 0. The highest BCUT2D eigenvalue weighted by atomic mass is 35.5. The molecule has 3 aromatic carbocycles. The monoisotopic (exact) mass is 397 g/mol. The van der Waals surface area contributed by atoms with Crippen LogP contribution >= 0.6 is 23.8 Å².